The number of nitrogens with zero attached hydrogens (tertiary/aromatic N) is 1. The van der Waals surface area contributed by atoms with Crippen LogP contribution in [0.5, 0.6) is 0 Å². The van der Waals surface area contributed by atoms with Crippen molar-refractivity contribution < 1.29 is 4.92 Å². The maximum atomic E-state index is 10.8. The zero-order valence-corrected chi connectivity index (χ0v) is 11.1. The van der Waals surface area contributed by atoms with Crippen LogP contribution in [0.4, 0.5) is 5.69 Å². The van der Waals surface area contributed by atoms with E-state index in [1.807, 2.05) is 6.07 Å². The molecule has 0 bridgehead atoms. The Labute approximate surface area is 116 Å². The van der Waals surface area contributed by atoms with E-state index in [1.54, 1.807) is 12.1 Å². The van der Waals surface area contributed by atoms with Gasteiger partial charge in [0.1, 0.15) is 0 Å². The van der Waals surface area contributed by atoms with Crippen LogP contribution in [0.1, 0.15) is 12.5 Å². The highest BCUT2D eigenvalue weighted by atomic mass is 16.6. The summed E-state index contributed by atoms with van der Waals surface area (Å²) in [6.07, 6.45) is 1.01. The molecule has 0 saturated heterocycles. The Kier molecular flexibility index (Phi) is 2.99. The Morgan fingerprint density at radius 1 is 1.10 bits per heavy atom. The summed E-state index contributed by atoms with van der Waals surface area (Å²) in [6.45, 7) is 2.12. The van der Waals surface area contributed by atoms with Crippen molar-refractivity contribution in [1.82, 2.24) is 4.98 Å². The summed E-state index contributed by atoms with van der Waals surface area (Å²) in [5, 5.41) is 11.6. The van der Waals surface area contributed by atoms with Gasteiger partial charge in [0.15, 0.2) is 0 Å². The number of benzene rings is 2. The Morgan fingerprint density at radius 3 is 2.50 bits per heavy atom. The molecular formula is C16H14N2O2. The van der Waals surface area contributed by atoms with Crippen molar-refractivity contribution in [1.29, 1.82) is 0 Å². The van der Waals surface area contributed by atoms with Crippen LogP contribution < -0.4 is 0 Å². The molecule has 1 N–H and O–H groups in total. The second kappa shape index (κ2) is 4.81. The molecule has 0 unspecified atom stereocenters. The number of H-pyrrole nitrogens is 1. The normalized spacial score (nSPS) is 10.8. The van der Waals surface area contributed by atoms with E-state index in [2.05, 4.69) is 36.2 Å². The molecule has 0 aliphatic rings. The maximum Gasteiger partial charge on any atom is 0.270 e. The minimum atomic E-state index is -0.373. The van der Waals surface area contributed by atoms with Gasteiger partial charge < -0.3 is 4.98 Å². The Balaban J connectivity index is 2.05. The summed E-state index contributed by atoms with van der Waals surface area (Å²) in [5.74, 6) is 0. The van der Waals surface area contributed by atoms with Gasteiger partial charge in [0.05, 0.1) is 4.92 Å². The second-order valence-electron chi connectivity index (χ2n) is 4.76. The quantitative estimate of drug-likeness (QED) is 0.567. The van der Waals surface area contributed by atoms with Crippen LogP contribution in [0.3, 0.4) is 0 Å². The third kappa shape index (κ3) is 2.16. The molecule has 0 fully saturated rings. The highest BCUT2D eigenvalue weighted by Crippen LogP contribution is 2.27. The van der Waals surface area contributed by atoms with E-state index < -0.39 is 0 Å². The van der Waals surface area contributed by atoms with Gasteiger partial charge in [-0.25, -0.2) is 0 Å². The summed E-state index contributed by atoms with van der Waals surface area (Å²) in [4.78, 5) is 13.7. The average Bonchev–Trinajstić information content (AvgIpc) is 2.90. The second-order valence-corrected chi connectivity index (χ2v) is 4.76. The van der Waals surface area contributed by atoms with Gasteiger partial charge >= 0.3 is 0 Å². The van der Waals surface area contributed by atoms with Crippen molar-refractivity contribution in [2.45, 2.75) is 13.3 Å². The molecule has 2 aromatic carbocycles. The van der Waals surface area contributed by atoms with Gasteiger partial charge in [-0.3, -0.25) is 10.1 Å². The van der Waals surface area contributed by atoms with Crippen molar-refractivity contribution in [2.75, 3.05) is 0 Å². The molecule has 0 aliphatic carbocycles. The van der Waals surface area contributed by atoms with Crippen molar-refractivity contribution in [3.63, 3.8) is 0 Å². The van der Waals surface area contributed by atoms with E-state index >= 15 is 0 Å². The fraction of sp³-hybridized carbons (Fsp3) is 0.125. The lowest BCUT2D eigenvalue weighted by Gasteiger charge is -1.99. The Bertz CT molecular complexity index is 773. The number of aryl methyl sites for hydroxylation is 1. The maximum absolute atomic E-state index is 10.8. The number of aromatic nitrogens is 1. The SMILES string of the molecule is CCc1ccc(-c2cc3cc([N+](=O)[O-])ccc3[nH]2)cc1. The fourth-order valence-corrected chi connectivity index (χ4v) is 2.31. The van der Waals surface area contributed by atoms with Gasteiger partial charge in [0, 0.05) is 28.7 Å². The number of hydrogen-bond acceptors (Lipinski definition) is 2. The lowest BCUT2D eigenvalue weighted by Crippen LogP contribution is -1.86. The van der Waals surface area contributed by atoms with Gasteiger partial charge in [0.25, 0.3) is 5.69 Å². The first kappa shape index (κ1) is 12.4. The highest BCUT2D eigenvalue weighted by molar-refractivity contribution is 5.87. The first-order valence-corrected chi connectivity index (χ1v) is 6.54. The largest absolute Gasteiger partial charge is 0.355 e. The molecule has 1 heterocycles. The molecule has 0 amide bonds. The van der Waals surface area contributed by atoms with Crippen molar-refractivity contribution >= 4 is 16.6 Å². The summed E-state index contributed by atoms with van der Waals surface area (Å²) in [5.41, 5.74) is 4.37. The van der Waals surface area contributed by atoms with E-state index in [0.29, 0.717) is 0 Å². The van der Waals surface area contributed by atoms with E-state index in [1.165, 1.54) is 11.6 Å². The number of hydrogen-bond donors (Lipinski definition) is 1. The van der Waals surface area contributed by atoms with E-state index in [9.17, 15) is 10.1 Å². The minimum absolute atomic E-state index is 0.115. The molecule has 1 aromatic heterocycles. The van der Waals surface area contributed by atoms with Crippen LogP contribution in [0.15, 0.2) is 48.5 Å². The molecule has 4 heteroatoms. The molecule has 100 valence electrons. The van der Waals surface area contributed by atoms with Crippen molar-refractivity contribution in [3.05, 3.63) is 64.2 Å². The highest BCUT2D eigenvalue weighted by Gasteiger charge is 2.09. The zero-order chi connectivity index (χ0) is 14.1. The predicted octanol–water partition coefficient (Wildman–Crippen LogP) is 4.31. The lowest BCUT2D eigenvalue weighted by molar-refractivity contribution is -0.384. The Morgan fingerprint density at radius 2 is 1.85 bits per heavy atom. The minimum Gasteiger partial charge on any atom is -0.355 e. The van der Waals surface area contributed by atoms with Crippen LogP contribution >= 0.6 is 0 Å². The molecule has 3 aromatic rings. The standard InChI is InChI=1S/C16H14N2O2/c1-2-11-3-5-12(6-4-11)16-10-13-9-14(18(19)20)7-8-15(13)17-16/h3-10,17H,2H2,1H3. The molecule has 0 aliphatic heterocycles. The first-order chi connectivity index (χ1) is 9.67. The van der Waals surface area contributed by atoms with Gasteiger partial charge in [0.2, 0.25) is 0 Å². The molecule has 3 rings (SSSR count). The summed E-state index contributed by atoms with van der Waals surface area (Å²) in [6, 6.07) is 15.1. The van der Waals surface area contributed by atoms with E-state index in [4.69, 9.17) is 0 Å². The predicted molar refractivity (Wildman–Crippen MR) is 79.8 cm³/mol. The number of nitrogens with one attached hydrogen (secondary N) is 1. The van der Waals surface area contributed by atoms with Gasteiger partial charge in [-0.1, -0.05) is 31.2 Å². The first-order valence-electron chi connectivity index (χ1n) is 6.54. The molecular weight excluding hydrogens is 252 g/mol. The van der Waals surface area contributed by atoms with Gasteiger partial charge in [-0.15, -0.1) is 0 Å². The number of nitro groups is 1. The molecule has 0 saturated carbocycles. The van der Waals surface area contributed by atoms with Crippen LogP contribution in [0.2, 0.25) is 0 Å². The number of non-ortho nitro benzene ring substituents is 1. The summed E-state index contributed by atoms with van der Waals surface area (Å²) >= 11 is 0. The average molecular weight is 266 g/mol. The smallest absolute Gasteiger partial charge is 0.270 e. The summed E-state index contributed by atoms with van der Waals surface area (Å²) < 4.78 is 0. The Hall–Kier alpha value is -2.62. The third-order valence-electron chi connectivity index (χ3n) is 3.49. The van der Waals surface area contributed by atoms with E-state index in [-0.39, 0.29) is 10.6 Å². The van der Waals surface area contributed by atoms with Crippen LogP contribution in [-0.2, 0) is 6.42 Å². The topological polar surface area (TPSA) is 58.9 Å². The van der Waals surface area contributed by atoms with Crippen LogP contribution in [-0.4, -0.2) is 9.91 Å². The molecule has 4 nitrogen and oxygen atoms in total. The number of fused-ring (bicyclic) bond motifs is 1. The number of nitro benzene ring substituents is 1. The van der Waals surface area contributed by atoms with Crippen molar-refractivity contribution in [3.8, 4) is 11.3 Å². The van der Waals surface area contributed by atoms with Gasteiger partial charge in [-0.2, -0.15) is 0 Å². The molecule has 20 heavy (non-hydrogen) atoms. The summed E-state index contributed by atoms with van der Waals surface area (Å²) in [7, 11) is 0. The zero-order valence-electron chi connectivity index (χ0n) is 11.1. The molecule has 0 atom stereocenters. The van der Waals surface area contributed by atoms with E-state index in [0.717, 1.165) is 28.6 Å². The third-order valence-corrected chi connectivity index (χ3v) is 3.49. The molecule has 0 radical (unpaired) electrons. The lowest BCUT2D eigenvalue weighted by atomic mass is 10.1. The number of rotatable bonds is 3. The van der Waals surface area contributed by atoms with Crippen LogP contribution in [0.25, 0.3) is 22.2 Å². The molecule has 0 spiro atoms. The monoisotopic (exact) mass is 266 g/mol. The van der Waals surface area contributed by atoms with Gasteiger partial charge in [-0.05, 0) is 29.7 Å². The number of aromatic amines is 1. The fourth-order valence-electron chi connectivity index (χ4n) is 2.31. The van der Waals surface area contributed by atoms with Crippen molar-refractivity contribution in [2.24, 2.45) is 0 Å². The van der Waals surface area contributed by atoms with Crippen LogP contribution in [0, 0.1) is 10.1 Å².